The molecule has 4 amide bonds. The van der Waals surface area contributed by atoms with Crippen LogP contribution in [0, 0.1) is 13.8 Å². The molecule has 2 heterocycles. The number of amides is 4. The number of aromatic amines is 1. The molecule has 8 heteroatoms. The summed E-state index contributed by atoms with van der Waals surface area (Å²) in [6.07, 6.45) is 0. The first-order valence-electron chi connectivity index (χ1n) is 7.84. The molecule has 0 radical (unpaired) electrons. The van der Waals surface area contributed by atoms with Crippen molar-refractivity contribution in [2.24, 2.45) is 0 Å². The molecule has 1 saturated heterocycles. The number of hydrogen-bond acceptors (Lipinski definition) is 4. The van der Waals surface area contributed by atoms with Crippen LogP contribution in [0.3, 0.4) is 0 Å². The van der Waals surface area contributed by atoms with Crippen molar-refractivity contribution >= 4 is 23.5 Å². The number of nitrogens with one attached hydrogen (secondary N) is 3. The van der Waals surface area contributed by atoms with Crippen LogP contribution in [0.1, 0.15) is 23.9 Å². The van der Waals surface area contributed by atoms with E-state index in [1.165, 1.54) is 0 Å². The summed E-state index contributed by atoms with van der Waals surface area (Å²) < 4.78 is 0. The standard InChI is InChI=1S/C17H19N5O3/c1-10-14(11(2)21-20-10)18-13(23)9-22-15(24)17(3,19-16(22)25)12-7-5-4-6-8-12/h4-8H,9H2,1-3H3,(H,18,23)(H,19,25)(H,20,21). The highest BCUT2D eigenvalue weighted by atomic mass is 16.2. The van der Waals surface area contributed by atoms with Crippen LogP contribution in [0.25, 0.3) is 0 Å². The topological polar surface area (TPSA) is 107 Å². The number of aryl methyl sites for hydroxylation is 2. The Kier molecular flexibility index (Phi) is 4.03. The third-order valence-corrected chi connectivity index (χ3v) is 4.32. The smallest absolute Gasteiger partial charge is 0.321 e. The van der Waals surface area contributed by atoms with E-state index in [4.69, 9.17) is 0 Å². The van der Waals surface area contributed by atoms with Crippen molar-refractivity contribution in [1.82, 2.24) is 20.4 Å². The van der Waals surface area contributed by atoms with Gasteiger partial charge in [-0.15, -0.1) is 0 Å². The van der Waals surface area contributed by atoms with E-state index in [1.807, 2.05) is 6.07 Å². The predicted octanol–water partition coefficient (Wildman–Crippen LogP) is 1.43. The Balaban J connectivity index is 1.76. The Morgan fingerprint density at radius 3 is 2.52 bits per heavy atom. The Morgan fingerprint density at radius 1 is 1.24 bits per heavy atom. The van der Waals surface area contributed by atoms with Gasteiger partial charge in [0, 0.05) is 0 Å². The molecule has 3 N–H and O–H groups in total. The van der Waals surface area contributed by atoms with Gasteiger partial charge in [-0.2, -0.15) is 5.10 Å². The van der Waals surface area contributed by atoms with Crippen LogP contribution in [0.5, 0.6) is 0 Å². The summed E-state index contributed by atoms with van der Waals surface area (Å²) in [5.74, 6) is -0.923. The van der Waals surface area contributed by atoms with Gasteiger partial charge in [0.05, 0.1) is 17.1 Å². The molecule has 1 unspecified atom stereocenters. The van der Waals surface area contributed by atoms with Gasteiger partial charge in [0.25, 0.3) is 5.91 Å². The minimum atomic E-state index is -1.18. The molecule has 1 atom stereocenters. The first kappa shape index (κ1) is 16.7. The van der Waals surface area contributed by atoms with Crippen LogP contribution in [0.2, 0.25) is 0 Å². The average Bonchev–Trinajstić information content (AvgIpc) is 3.01. The van der Waals surface area contributed by atoms with Crippen molar-refractivity contribution < 1.29 is 14.4 Å². The zero-order valence-electron chi connectivity index (χ0n) is 14.2. The fourth-order valence-electron chi connectivity index (χ4n) is 2.87. The van der Waals surface area contributed by atoms with Crippen LogP contribution in [0.4, 0.5) is 10.5 Å². The molecule has 0 bridgehead atoms. The van der Waals surface area contributed by atoms with Crippen molar-refractivity contribution in [1.29, 1.82) is 0 Å². The van der Waals surface area contributed by atoms with Gasteiger partial charge in [-0.3, -0.25) is 19.6 Å². The quantitative estimate of drug-likeness (QED) is 0.731. The highest BCUT2D eigenvalue weighted by Gasteiger charge is 2.49. The Labute approximate surface area is 144 Å². The summed E-state index contributed by atoms with van der Waals surface area (Å²) in [5.41, 5.74) is 1.38. The lowest BCUT2D eigenvalue weighted by atomic mass is 9.92. The van der Waals surface area contributed by atoms with E-state index in [9.17, 15) is 14.4 Å². The third kappa shape index (κ3) is 2.86. The number of anilines is 1. The van der Waals surface area contributed by atoms with Crippen molar-refractivity contribution in [2.75, 3.05) is 11.9 Å². The van der Waals surface area contributed by atoms with Gasteiger partial charge in [-0.05, 0) is 26.3 Å². The fourth-order valence-corrected chi connectivity index (χ4v) is 2.87. The van der Waals surface area contributed by atoms with Crippen LogP contribution in [0.15, 0.2) is 30.3 Å². The Bertz CT molecular complexity index is 826. The molecule has 8 nitrogen and oxygen atoms in total. The summed E-state index contributed by atoms with van der Waals surface area (Å²) in [7, 11) is 0. The summed E-state index contributed by atoms with van der Waals surface area (Å²) in [6, 6.07) is 8.35. The number of rotatable bonds is 4. The van der Waals surface area contributed by atoms with Crippen molar-refractivity contribution in [3.05, 3.63) is 47.3 Å². The van der Waals surface area contributed by atoms with Crippen LogP contribution < -0.4 is 10.6 Å². The number of aromatic nitrogens is 2. The van der Waals surface area contributed by atoms with E-state index >= 15 is 0 Å². The van der Waals surface area contributed by atoms with Gasteiger partial charge in [0.2, 0.25) is 5.91 Å². The second kappa shape index (κ2) is 6.04. The predicted molar refractivity (Wildman–Crippen MR) is 90.7 cm³/mol. The van der Waals surface area contributed by atoms with Crippen LogP contribution >= 0.6 is 0 Å². The second-order valence-electron chi connectivity index (χ2n) is 6.17. The number of nitrogens with zero attached hydrogens (tertiary/aromatic N) is 2. The lowest BCUT2D eigenvalue weighted by Crippen LogP contribution is -2.42. The van der Waals surface area contributed by atoms with E-state index < -0.39 is 23.4 Å². The van der Waals surface area contributed by atoms with Gasteiger partial charge < -0.3 is 10.6 Å². The average molecular weight is 341 g/mol. The number of carbonyl (C=O) groups excluding carboxylic acids is 3. The maximum absolute atomic E-state index is 12.8. The zero-order chi connectivity index (χ0) is 18.2. The number of hydrogen-bond donors (Lipinski definition) is 3. The Morgan fingerprint density at radius 2 is 1.92 bits per heavy atom. The van der Waals surface area contributed by atoms with E-state index in [-0.39, 0.29) is 6.54 Å². The number of carbonyl (C=O) groups is 3. The number of imide groups is 1. The normalized spacial score (nSPS) is 19.9. The van der Waals surface area contributed by atoms with Gasteiger partial charge >= 0.3 is 6.03 Å². The van der Waals surface area contributed by atoms with E-state index in [0.29, 0.717) is 22.6 Å². The van der Waals surface area contributed by atoms with Gasteiger partial charge in [-0.1, -0.05) is 30.3 Å². The highest BCUT2D eigenvalue weighted by Crippen LogP contribution is 2.28. The van der Waals surface area contributed by atoms with Gasteiger partial charge in [0.15, 0.2) is 0 Å². The van der Waals surface area contributed by atoms with E-state index in [1.54, 1.807) is 45.0 Å². The molecule has 2 aromatic rings. The summed E-state index contributed by atoms with van der Waals surface area (Å²) >= 11 is 0. The highest BCUT2D eigenvalue weighted by molar-refractivity contribution is 6.10. The summed E-state index contributed by atoms with van der Waals surface area (Å²) in [4.78, 5) is 38.2. The molecule has 130 valence electrons. The monoisotopic (exact) mass is 341 g/mol. The van der Waals surface area contributed by atoms with Gasteiger partial charge in [0.1, 0.15) is 12.1 Å². The molecular formula is C17H19N5O3. The van der Waals surface area contributed by atoms with Crippen molar-refractivity contribution in [3.63, 3.8) is 0 Å². The molecule has 25 heavy (non-hydrogen) atoms. The number of urea groups is 1. The molecule has 0 spiro atoms. The third-order valence-electron chi connectivity index (χ3n) is 4.32. The molecule has 1 aromatic heterocycles. The fraction of sp³-hybridized carbons (Fsp3) is 0.294. The molecule has 0 saturated carbocycles. The summed E-state index contributed by atoms with van der Waals surface area (Å²) in [5, 5.41) is 12.1. The zero-order valence-corrected chi connectivity index (χ0v) is 14.2. The Hall–Kier alpha value is -3.16. The molecule has 1 aliphatic heterocycles. The summed E-state index contributed by atoms with van der Waals surface area (Å²) in [6.45, 7) is 4.79. The minimum absolute atomic E-state index is 0.364. The molecule has 3 rings (SSSR count). The van der Waals surface area contributed by atoms with E-state index in [0.717, 1.165) is 4.90 Å². The SMILES string of the molecule is Cc1n[nH]c(C)c1NC(=O)CN1C(=O)NC(C)(c2ccccc2)C1=O. The van der Waals surface area contributed by atoms with Crippen LogP contribution in [-0.2, 0) is 15.1 Å². The second-order valence-corrected chi connectivity index (χ2v) is 6.17. The molecule has 0 aliphatic carbocycles. The van der Waals surface area contributed by atoms with E-state index in [2.05, 4.69) is 20.8 Å². The molecule has 1 aromatic carbocycles. The van der Waals surface area contributed by atoms with Crippen molar-refractivity contribution in [3.8, 4) is 0 Å². The minimum Gasteiger partial charge on any atom is -0.321 e. The maximum atomic E-state index is 12.8. The first-order valence-corrected chi connectivity index (χ1v) is 7.84. The first-order chi connectivity index (χ1) is 11.8. The number of benzene rings is 1. The molecular weight excluding hydrogens is 322 g/mol. The largest absolute Gasteiger partial charge is 0.325 e. The lowest BCUT2D eigenvalue weighted by Gasteiger charge is -2.22. The molecule has 1 fully saturated rings. The van der Waals surface area contributed by atoms with Gasteiger partial charge in [-0.25, -0.2) is 4.79 Å². The van der Waals surface area contributed by atoms with Crippen LogP contribution in [-0.4, -0.2) is 39.5 Å². The number of H-pyrrole nitrogens is 1. The maximum Gasteiger partial charge on any atom is 0.325 e. The van der Waals surface area contributed by atoms with Crippen molar-refractivity contribution in [2.45, 2.75) is 26.3 Å². The lowest BCUT2D eigenvalue weighted by molar-refractivity contribution is -0.133. The molecule has 1 aliphatic rings.